The minimum atomic E-state index is -5.01. The standard InChI is InChI=1S/C17H14F3NO3/c1-23-13-9-7-12(8-10-13)15-14(11-5-3-2-4-6-11)16(22,24-21-15)17(18,19)20/h2-10,21-22H,1H3. The quantitative estimate of drug-likeness (QED) is 0.902. The molecule has 1 aliphatic rings. The van der Waals surface area contributed by atoms with Crippen LogP contribution in [0.15, 0.2) is 54.6 Å². The van der Waals surface area contributed by atoms with Crippen molar-refractivity contribution >= 4 is 11.3 Å². The predicted molar refractivity (Wildman–Crippen MR) is 81.5 cm³/mol. The van der Waals surface area contributed by atoms with E-state index in [0.29, 0.717) is 11.3 Å². The maximum absolute atomic E-state index is 13.4. The van der Waals surface area contributed by atoms with Gasteiger partial charge in [-0.05, 0) is 29.8 Å². The second kappa shape index (κ2) is 5.85. The number of rotatable bonds is 3. The normalized spacial score (nSPS) is 20.9. The fourth-order valence-electron chi connectivity index (χ4n) is 2.50. The first-order valence-corrected chi connectivity index (χ1v) is 7.04. The third-order valence-corrected chi connectivity index (χ3v) is 3.72. The second-order valence-electron chi connectivity index (χ2n) is 5.19. The van der Waals surface area contributed by atoms with Gasteiger partial charge in [-0.25, -0.2) is 4.84 Å². The summed E-state index contributed by atoms with van der Waals surface area (Å²) in [6, 6.07) is 14.2. The van der Waals surface area contributed by atoms with Crippen molar-refractivity contribution in [1.82, 2.24) is 5.48 Å². The van der Waals surface area contributed by atoms with Gasteiger partial charge in [0, 0.05) is 5.56 Å². The van der Waals surface area contributed by atoms with Crippen LogP contribution in [0.2, 0.25) is 0 Å². The average molecular weight is 337 g/mol. The molecule has 0 aliphatic carbocycles. The van der Waals surface area contributed by atoms with E-state index in [2.05, 4.69) is 10.3 Å². The molecule has 0 saturated heterocycles. The van der Waals surface area contributed by atoms with Crippen molar-refractivity contribution in [3.63, 3.8) is 0 Å². The Morgan fingerprint density at radius 1 is 1.00 bits per heavy atom. The van der Waals surface area contributed by atoms with Gasteiger partial charge in [-0.15, -0.1) is 0 Å². The Bertz CT molecular complexity index is 757. The van der Waals surface area contributed by atoms with E-state index >= 15 is 0 Å². The number of hydrogen-bond donors (Lipinski definition) is 2. The van der Waals surface area contributed by atoms with Gasteiger partial charge in [0.25, 0.3) is 0 Å². The molecule has 0 amide bonds. The summed E-state index contributed by atoms with van der Waals surface area (Å²) >= 11 is 0. The molecule has 0 aromatic heterocycles. The fourth-order valence-corrected chi connectivity index (χ4v) is 2.50. The van der Waals surface area contributed by atoms with Gasteiger partial charge in [0.2, 0.25) is 0 Å². The molecule has 1 atom stereocenters. The molecule has 0 spiro atoms. The molecule has 2 N–H and O–H groups in total. The van der Waals surface area contributed by atoms with Crippen molar-refractivity contribution in [3.8, 4) is 5.75 Å². The highest BCUT2D eigenvalue weighted by Gasteiger charge is 2.62. The average Bonchev–Trinajstić information content (AvgIpc) is 2.94. The number of hydrogen-bond acceptors (Lipinski definition) is 4. The van der Waals surface area contributed by atoms with Gasteiger partial charge < -0.3 is 9.84 Å². The predicted octanol–water partition coefficient (Wildman–Crippen LogP) is 3.35. The summed E-state index contributed by atoms with van der Waals surface area (Å²) in [5.74, 6) is -2.88. The molecule has 0 bridgehead atoms. The van der Waals surface area contributed by atoms with Crippen LogP contribution in [0, 0.1) is 0 Å². The highest BCUT2D eigenvalue weighted by molar-refractivity contribution is 5.94. The van der Waals surface area contributed by atoms with Crippen LogP contribution in [0.25, 0.3) is 11.3 Å². The van der Waals surface area contributed by atoms with Crippen molar-refractivity contribution in [2.45, 2.75) is 12.0 Å². The lowest BCUT2D eigenvalue weighted by molar-refractivity contribution is -0.340. The maximum atomic E-state index is 13.4. The zero-order chi connectivity index (χ0) is 17.4. The van der Waals surface area contributed by atoms with Crippen molar-refractivity contribution in [2.24, 2.45) is 0 Å². The third kappa shape index (κ3) is 2.61. The van der Waals surface area contributed by atoms with Crippen LogP contribution < -0.4 is 10.2 Å². The summed E-state index contributed by atoms with van der Waals surface area (Å²) in [6.07, 6.45) is -5.01. The highest BCUT2D eigenvalue weighted by atomic mass is 19.4. The largest absolute Gasteiger partial charge is 0.497 e. The molecule has 2 aromatic rings. The Labute approximate surface area is 136 Å². The summed E-state index contributed by atoms with van der Waals surface area (Å²) in [4.78, 5) is 4.57. The van der Waals surface area contributed by atoms with Crippen LogP contribution >= 0.6 is 0 Å². The summed E-state index contributed by atoms with van der Waals surface area (Å²) in [6.45, 7) is 0. The van der Waals surface area contributed by atoms with Gasteiger partial charge in [-0.1, -0.05) is 30.3 Å². The zero-order valence-electron chi connectivity index (χ0n) is 12.6. The molecule has 1 heterocycles. The molecule has 1 unspecified atom stereocenters. The van der Waals surface area contributed by atoms with Crippen molar-refractivity contribution in [1.29, 1.82) is 0 Å². The Hall–Kier alpha value is -2.51. The van der Waals surface area contributed by atoms with E-state index in [9.17, 15) is 18.3 Å². The van der Waals surface area contributed by atoms with E-state index in [0.717, 1.165) is 0 Å². The van der Waals surface area contributed by atoms with Gasteiger partial charge in [-0.3, -0.25) is 5.48 Å². The van der Waals surface area contributed by atoms with Crippen LogP contribution in [0.4, 0.5) is 13.2 Å². The number of hydroxylamine groups is 1. The topological polar surface area (TPSA) is 50.7 Å². The van der Waals surface area contributed by atoms with E-state index in [1.54, 1.807) is 42.5 Å². The lowest BCUT2D eigenvalue weighted by Crippen LogP contribution is -2.47. The summed E-state index contributed by atoms with van der Waals surface area (Å²) < 4.78 is 45.3. The molecule has 2 aromatic carbocycles. The first-order valence-electron chi connectivity index (χ1n) is 7.04. The SMILES string of the molecule is COc1ccc(C2=C(c3ccccc3)C(O)(C(F)(F)F)ON2)cc1. The molecule has 4 nitrogen and oxygen atoms in total. The first-order chi connectivity index (χ1) is 11.4. The number of benzene rings is 2. The lowest BCUT2D eigenvalue weighted by Gasteiger charge is -2.26. The molecule has 3 rings (SSSR count). The zero-order valence-corrected chi connectivity index (χ0v) is 12.6. The van der Waals surface area contributed by atoms with E-state index in [1.807, 2.05) is 0 Å². The third-order valence-electron chi connectivity index (χ3n) is 3.72. The van der Waals surface area contributed by atoms with E-state index in [1.165, 1.54) is 19.2 Å². The van der Waals surface area contributed by atoms with Crippen LogP contribution in [0.3, 0.4) is 0 Å². The number of nitrogens with one attached hydrogen (secondary N) is 1. The minimum Gasteiger partial charge on any atom is -0.497 e. The van der Waals surface area contributed by atoms with Crippen molar-refractivity contribution in [2.75, 3.05) is 7.11 Å². The second-order valence-corrected chi connectivity index (χ2v) is 5.19. The molecule has 0 radical (unpaired) electrons. The van der Waals surface area contributed by atoms with Crippen LogP contribution in [-0.2, 0) is 4.84 Å². The van der Waals surface area contributed by atoms with E-state index < -0.39 is 12.0 Å². The lowest BCUT2D eigenvalue weighted by atomic mass is 9.93. The van der Waals surface area contributed by atoms with Gasteiger partial charge in [0.1, 0.15) is 5.75 Å². The molecule has 7 heteroatoms. The first kappa shape index (κ1) is 16.4. The number of ether oxygens (including phenoxy) is 1. The van der Waals surface area contributed by atoms with Gasteiger partial charge in [0.15, 0.2) is 0 Å². The number of aliphatic hydroxyl groups is 1. The number of methoxy groups -OCH3 is 1. The Kier molecular flexibility index (Phi) is 3.98. The van der Waals surface area contributed by atoms with Gasteiger partial charge in [-0.2, -0.15) is 13.2 Å². The molecule has 24 heavy (non-hydrogen) atoms. The van der Waals surface area contributed by atoms with Gasteiger partial charge >= 0.3 is 12.0 Å². The Morgan fingerprint density at radius 2 is 1.62 bits per heavy atom. The van der Waals surface area contributed by atoms with Gasteiger partial charge in [0.05, 0.1) is 18.4 Å². The smallest absolute Gasteiger partial charge is 0.450 e. The Balaban J connectivity index is 2.19. The molecular weight excluding hydrogens is 323 g/mol. The van der Waals surface area contributed by atoms with Crippen LogP contribution in [-0.4, -0.2) is 24.2 Å². The van der Waals surface area contributed by atoms with Crippen LogP contribution in [0.5, 0.6) is 5.75 Å². The number of alkyl halides is 3. The van der Waals surface area contributed by atoms with E-state index in [4.69, 9.17) is 4.74 Å². The summed E-state index contributed by atoms with van der Waals surface area (Å²) in [7, 11) is 1.49. The molecule has 1 aliphatic heterocycles. The number of halogens is 3. The molecule has 126 valence electrons. The molecule has 0 fully saturated rings. The molecule has 0 saturated carbocycles. The molecular formula is C17H14F3NO3. The monoisotopic (exact) mass is 337 g/mol. The maximum Gasteiger partial charge on any atom is 0.450 e. The summed E-state index contributed by atoms with van der Waals surface area (Å²) in [5, 5.41) is 10.2. The van der Waals surface area contributed by atoms with Crippen LogP contribution in [0.1, 0.15) is 11.1 Å². The Morgan fingerprint density at radius 3 is 2.17 bits per heavy atom. The highest BCUT2D eigenvalue weighted by Crippen LogP contribution is 2.47. The summed E-state index contributed by atoms with van der Waals surface area (Å²) in [5.41, 5.74) is 2.51. The minimum absolute atomic E-state index is 0.0451. The van der Waals surface area contributed by atoms with E-state index in [-0.39, 0.29) is 16.8 Å². The van der Waals surface area contributed by atoms with Crippen molar-refractivity contribution < 1.29 is 27.9 Å². The van der Waals surface area contributed by atoms with Crippen molar-refractivity contribution in [3.05, 3.63) is 65.7 Å². The fraction of sp³-hybridized carbons (Fsp3) is 0.176.